The van der Waals surface area contributed by atoms with Crippen molar-refractivity contribution in [2.24, 2.45) is 0 Å². The molecule has 6 nitrogen and oxygen atoms in total. The van der Waals surface area contributed by atoms with E-state index in [1.807, 2.05) is 31.2 Å². The number of hydrogen-bond donors (Lipinski definition) is 1. The SMILES string of the molecule is COc1ccc(NC2=C(c3ccc(C)cc3)C(=O)N(c3cccc(OC)c3)C2=O)cc1. The normalized spacial score (nSPS) is 13.6. The predicted octanol–water partition coefficient (Wildman–Crippen LogP) is 4.41. The van der Waals surface area contributed by atoms with Gasteiger partial charge < -0.3 is 14.8 Å². The van der Waals surface area contributed by atoms with Gasteiger partial charge in [0.25, 0.3) is 11.8 Å². The van der Waals surface area contributed by atoms with E-state index in [-0.39, 0.29) is 5.70 Å². The van der Waals surface area contributed by atoms with Crippen molar-refractivity contribution in [1.29, 1.82) is 0 Å². The van der Waals surface area contributed by atoms with Gasteiger partial charge in [-0.15, -0.1) is 0 Å². The fourth-order valence-corrected chi connectivity index (χ4v) is 3.44. The number of nitrogens with one attached hydrogen (secondary N) is 1. The summed E-state index contributed by atoms with van der Waals surface area (Å²) in [6.07, 6.45) is 0. The van der Waals surface area contributed by atoms with Crippen LogP contribution in [0.3, 0.4) is 0 Å². The average molecular weight is 414 g/mol. The van der Waals surface area contributed by atoms with E-state index in [1.54, 1.807) is 62.8 Å². The van der Waals surface area contributed by atoms with E-state index in [4.69, 9.17) is 9.47 Å². The first-order valence-electron chi connectivity index (χ1n) is 9.77. The highest BCUT2D eigenvalue weighted by molar-refractivity contribution is 6.46. The Hall–Kier alpha value is -4.06. The van der Waals surface area contributed by atoms with Gasteiger partial charge in [0.15, 0.2) is 0 Å². The zero-order chi connectivity index (χ0) is 22.0. The Labute approximate surface area is 180 Å². The number of amides is 2. The molecule has 1 aliphatic heterocycles. The van der Waals surface area contributed by atoms with Gasteiger partial charge >= 0.3 is 0 Å². The summed E-state index contributed by atoms with van der Waals surface area (Å²) in [6, 6.07) is 21.6. The molecule has 3 aromatic carbocycles. The quantitative estimate of drug-likeness (QED) is 0.605. The fourth-order valence-electron chi connectivity index (χ4n) is 3.44. The molecular formula is C25H22N2O4. The molecule has 0 saturated carbocycles. The number of carbonyl (C=O) groups is 2. The molecule has 0 fully saturated rings. The maximum atomic E-state index is 13.4. The van der Waals surface area contributed by atoms with Gasteiger partial charge in [0.05, 0.1) is 25.5 Å². The Morgan fingerprint density at radius 2 is 1.45 bits per heavy atom. The number of anilines is 2. The summed E-state index contributed by atoms with van der Waals surface area (Å²) >= 11 is 0. The van der Waals surface area contributed by atoms with Crippen molar-refractivity contribution in [2.75, 3.05) is 24.4 Å². The van der Waals surface area contributed by atoms with Crippen LogP contribution < -0.4 is 19.7 Å². The summed E-state index contributed by atoms with van der Waals surface area (Å²) in [5.41, 5.74) is 3.41. The van der Waals surface area contributed by atoms with Gasteiger partial charge in [0, 0.05) is 11.8 Å². The first kappa shape index (κ1) is 20.2. The molecule has 0 aliphatic carbocycles. The lowest BCUT2D eigenvalue weighted by Crippen LogP contribution is -2.32. The molecule has 6 heteroatoms. The second kappa shape index (κ2) is 8.36. The molecule has 1 heterocycles. The monoisotopic (exact) mass is 414 g/mol. The first-order valence-corrected chi connectivity index (χ1v) is 9.77. The van der Waals surface area contributed by atoms with Crippen molar-refractivity contribution in [2.45, 2.75) is 6.92 Å². The number of rotatable bonds is 6. The molecule has 0 radical (unpaired) electrons. The van der Waals surface area contributed by atoms with Crippen LogP contribution >= 0.6 is 0 Å². The Balaban J connectivity index is 1.79. The van der Waals surface area contributed by atoms with Gasteiger partial charge in [-0.3, -0.25) is 9.59 Å². The molecule has 2 amide bonds. The van der Waals surface area contributed by atoms with Gasteiger partial charge in [-0.1, -0.05) is 35.9 Å². The van der Waals surface area contributed by atoms with Crippen LogP contribution in [0.25, 0.3) is 5.57 Å². The topological polar surface area (TPSA) is 67.9 Å². The van der Waals surface area contributed by atoms with Gasteiger partial charge in [-0.25, -0.2) is 4.90 Å². The first-order chi connectivity index (χ1) is 15.0. The van der Waals surface area contributed by atoms with Crippen LogP contribution in [0.15, 0.2) is 78.5 Å². The minimum absolute atomic E-state index is 0.224. The van der Waals surface area contributed by atoms with Crippen molar-refractivity contribution >= 4 is 28.8 Å². The maximum absolute atomic E-state index is 13.4. The maximum Gasteiger partial charge on any atom is 0.282 e. The van der Waals surface area contributed by atoms with Crippen LogP contribution in [0.5, 0.6) is 11.5 Å². The number of benzene rings is 3. The molecule has 1 N–H and O–H groups in total. The molecule has 4 rings (SSSR count). The number of aryl methyl sites for hydroxylation is 1. The zero-order valence-electron chi connectivity index (χ0n) is 17.5. The molecule has 0 unspecified atom stereocenters. The van der Waals surface area contributed by atoms with Crippen molar-refractivity contribution < 1.29 is 19.1 Å². The van der Waals surface area contributed by atoms with E-state index in [0.717, 1.165) is 5.56 Å². The fraction of sp³-hybridized carbons (Fsp3) is 0.120. The number of ether oxygens (including phenoxy) is 2. The van der Waals surface area contributed by atoms with Gasteiger partial charge in [-0.05, 0) is 48.9 Å². The molecule has 156 valence electrons. The van der Waals surface area contributed by atoms with Gasteiger partial charge in [-0.2, -0.15) is 0 Å². The second-order valence-electron chi connectivity index (χ2n) is 7.12. The molecular weight excluding hydrogens is 392 g/mol. The predicted molar refractivity (Wildman–Crippen MR) is 120 cm³/mol. The minimum atomic E-state index is -0.426. The Morgan fingerprint density at radius 1 is 0.774 bits per heavy atom. The Morgan fingerprint density at radius 3 is 2.10 bits per heavy atom. The lowest BCUT2D eigenvalue weighted by molar-refractivity contribution is -0.120. The summed E-state index contributed by atoms with van der Waals surface area (Å²) in [4.78, 5) is 28.0. The Kier molecular flexibility index (Phi) is 5.45. The highest BCUT2D eigenvalue weighted by Crippen LogP contribution is 2.35. The van der Waals surface area contributed by atoms with E-state index < -0.39 is 11.8 Å². The van der Waals surface area contributed by atoms with E-state index in [2.05, 4.69) is 5.32 Å². The van der Waals surface area contributed by atoms with Crippen LogP contribution in [-0.4, -0.2) is 26.0 Å². The number of methoxy groups -OCH3 is 2. The summed E-state index contributed by atoms with van der Waals surface area (Å²) in [5, 5.41) is 3.14. The molecule has 0 bridgehead atoms. The van der Waals surface area contributed by atoms with Gasteiger partial charge in [0.1, 0.15) is 17.2 Å². The number of hydrogen-bond acceptors (Lipinski definition) is 5. The third-order valence-electron chi connectivity index (χ3n) is 5.10. The van der Waals surface area contributed by atoms with E-state index in [9.17, 15) is 9.59 Å². The summed E-state index contributed by atoms with van der Waals surface area (Å²) in [5.74, 6) is 0.444. The van der Waals surface area contributed by atoms with E-state index >= 15 is 0 Å². The average Bonchev–Trinajstić information content (AvgIpc) is 3.04. The standard InChI is InChI=1S/C25H22N2O4/c1-16-7-9-17(10-8-16)22-23(26-18-11-13-20(30-2)14-12-18)25(29)27(24(22)28)19-5-4-6-21(15-19)31-3/h4-15,26H,1-3H3. The second-order valence-corrected chi connectivity index (χ2v) is 7.12. The summed E-state index contributed by atoms with van der Waals surface area (Å²) in [7, 11) is 3.13. The third kappa shape index (κ3) is 3.88. The molecule has 0 atom stereocenters. The van der Waals surface area contributed by atoms with Crippen molar-refractivity contribution in [3.63, 3.8) is 0 Å². The van der Waals surface area contributed by atoms with Crippen LogP contribution in [0.4, 0.5) is 11.4 Å². The smallest absolute Gasteiger partial charge is 0.282 e. The van der Waals surface area contributed by atoms with Crippen LogP contribution in [0.2, 0.25) is 0 Å². The summed E-state index contributed by atoms with van der Waals surface area (Å²) in [6.45, 7) is 1.97. The molecule has 0 saturated heterocycles. The molecule has 0 spiro atoms. The van der Waals surface area contributed by atoms with Crippen molar-refractivity contribution in [1.82, 2.24) is 0 Å². The lowest BCUT2D eigenvalue weighted by Gasteiger charge is -2.16. The zero-order valence-corrected chi connectivity index (χ0v) is 17.5. The highest BCUT2D eigenvalue weighted by Gasteiger charge is 2.40. The molecule has 3 aromatic rings. The highest BCUT2D eigenvalue weighted by atomic mass is 16.5. The Bertz CT molecular complexity index is 1160. The van der Waals surface area contributed by atoms with E-state index in [0.29, 0.717) is 34.0 Å². The number of carbonyl (C=O) groups excluding carboxylic acids is 2. The molecule has 1 aliphatic rings. The molecule has 31 heavy (non-hydrogen) atoms. The summed E-state index contributed by atoms with van der Waals surface area (Å²) < 4.78 is 10.5. The minimum Gasteiger partial charge on any atom is -0.497 e. The van der Waals surface area contributed by atoms with E-state index in [1.165, 1.54) is 4.90 Å². The number of imide groups is 1. The third-order valence-corrected chi connectivity index (χ3v) is 5.10. The lowest BCUT2D eigenvalue weighted by atomic mass is 10.0. The van der Waals surface area contributed by atoms with Crippen LogP contribution in [0, 0.1) is 6.92 Å². The molecule has 0 aromatic heterocycles. The van der Waals surface area contributed by atoms with Crippen LogP contribution in [-0.2, 0) is 9.59 Å². The van der Waals surface area contributed by atoms with Crippen molar-refractivity contribution in [3.8, 4) is 11.5 Å². The van der Waals surface area contributed by atoms with Crippen LogP contribution in [0.1, 0.15) is 11.1 Å². The van der Waals surface area contributed by atoms with Gasteiger partial charge in [0.2, 0.25) is 0 Å². The number of nitrogens with zero attached hydrogens (tertiary/aromatic N) is 1. The largest absolute Gasteiger partial charge is 0.497 e. The van der Waals surface area contributed by atoms with Crippen molar-refractivity contribution in [3.05, 3.63) is 89.6 Å².